The van der Waals surface area contributed by atoms with Crippen LogP contribution in [-0.2, 0) is 12.8 Å². The van der Waals surface area contributed by atoms with Crippen molar-refractivity contribution in [1.29, 1.82) is 0 Å². The third kappa shape index (κ3) is 2.86. The van der Waals surface area contributed by atoms with E-state index in [4.69, 9.17) is 0 Å². The predicted molar refractivity (Wildman–Crippen MR) is 105 cm³/mol. The lowest BCUT2D eigenvalue weighted by Crippen LogP contribution is -3.10. The molecule has 0 aromatic carbocycles. The summed E-state index contributed by atoms with van der Waals surface area (Å²) in [6, 6.07) is 5.00. The van der Waals surface area contributed by atoms with Crippen LogP contribution < -0.4 is 10.2 Å². The van der Waals surface area contributed by atoms with Crippen LogP contribution in [0.15, 0.2) is 23.8 Å². The van der Waals surface area contributed by atoms with E-state index >= 15 is 0 Å². The Morgan fingerprint density at radius 2 is 2.08 bits per heavy atom. The molecule has 1 atom stereocenters. The van der Waals surface area contributed by atoms with Gasteiger partial charge in [-0.15, -0.1) is 22.7 Å². The maximum atomic E-state index is 4.62. The van der Waals surface area contributed by atoms with Crippen molar-refractivity contribution in [2.45, 2.75) is 38.1 Å². The number of hydrogen-bond donors (Lipinski definition) is 2. The van der Waals surface area contributed by atoms with E-state index in [1.165, 1.54) is 65.9 Å². The quantitative estimate of drug-likeness (QED) is 0.724. The van der Waals surface area contributed by atoms with Crippen molar-refractivity contribution in [3.63, 3.8) is 0 Å². The van der Waals surface area contributed by atoms with Crippen molar-refractivity contribution in [1.82, 2.24) is 9.97 Å². The van der Waals surface area contributed by atoms with Gasteiger partial charge in [0, 0.05) is 17.7 Å². The number of rotatable bonds is 5. The number of likely N-dealkylation sites (tertiary alicyclic amines) is 1. The SMILES string of the molecule is c1csc([C@H](CNc2ncnc3sc4c(c23)CCC4)[NH+]2CCCC2)c1. The molecule has 1 fully saturated rings. The molecule has 2 aliphatic rings. The largest absolute Gasteiger partial charge is 0.363 e. The lowest BCUT2D eigenvalue weighted by molar-refractivity contribution is -0.917. The van der Waals surface area contributed by atoms with Crippen molar-refractivity contribution in [3.8, 4) is 0 Å². The molecule has 0 saturated carbocycles. The van der Waals surface area contributed by atoms with Gasteiger partial charge in [0.25, 0.3) is 0 Å². The smallest absolute Gasteiger partial charge is 0.140 e. The van der Waals surface area contributed by atoms with E-state index in [1.54, 1.807) is 11.2 Å². The zero-order chi connectivity index (χ0) is 16.6. The molecule has 0 amide bonds. The van der Waals surface area contributed by atoms with Gasteiger partial charge in [0.2, 0.25) is 0 Å². The molecule has 130 valence electrons. The number of aryl methyl sites for hydroxylation is 2. The number of fused-ring (bicyclic) bond motifs is 3. The fourth-order valence-electron chi connectivity index (χ4n) is 4.37. The lowest BCUT2D eigenvalue weighted by Gasteiger charge is -2.24. The summed E-state index contributed by atoms with van der Waals surface area (Å²) in [7, 11) is 0. The molecule has 3 aromatic heterocycles. The summed E-state index contributed by atoms with van der Waals surface area (Å²) in [4.78, 5) is 15.0. The zero-order valence-electron chi connectivity index (χ0n) is 14.3. The number of nitrogens with one attached hydrogen (secondary N) is 2. The molecule has 1 saturated heterocycles. The molecular formula is C19H23N4S2+. The highest BCUT2D eigenvalue weighted by atomic mass is 32.1. The maximum absolute atomic E-state index is 4.62. The molecule has 0 spiro atoms. The summed E-state index contributed by atoms with van der Waals surface area (Å²) < 4.78 is 0. The van der Waals surface area contributed by atoms with Crippen molar-refractivity contribution < 1.29 is 4.90 Å². The van der Waals surface area contributed by atoms with Crippen LogP contribution in [0.2, 0.25) is 0 Å². The Labute approximate surface area is 155 Å². The highest BCUT2D eigenvalue weighted by molar-refractivity contribution is 7.19. The Morgan fingerprint density at radius 1 is 1.16 bits per heavy atom. The molecule has 4 heterocycles. The van der Waals surface area contributed by atoms with Gasteiger partial charge in [-0.2, -0.15) is 0 Å². The fourth-order valence-corrected chi connectivity index (χ4v) is 6.49. The van der Waals surface area contributed by atoms with E-state index in [0.717, 1.165) is 17.2 Å². The Kier molecular flexibility index (Phi) is 4.19. The third-order valence-corrected chi connectivity index (χ3v) is 7.79. The van der Waals surface area contributed by atoms with Crippen LogP contribution in [0.1, 0.15) is 40.6 Å². The molecule has 2 N–H and O–H groups in total. The van der Waals surface area contributed by atoms with Crippen LogP contribution in [0.25, 0.3) is 10.2 Å². The first-order chi connectivity index (χ1) is 12.4. The minimum Gasteiger partial charge on any atom is -0.363 e. The molecule has 6 heteroatoms. The second kappa shape index (κ2) is 6.67. The Morgan fingerprint density at radius 3 is 2.92 bits per heavy atom. The molecule has 1 aliphatic heterocycles. The van der Waals surface area contributed by atoms with E-state index in [1.807, 2.05) is 22.7 Å². The van der Waals surface area contributed by atoms with Crippen LogP contribution >= 0.6 is 22.7 Å². The lowest BCUT2D eigenvalue weighted by atomic mass is 10.1. The normalized spacial score (nSPS) is 18.7. The van der Waals surface area contributed by atoms with Gasteiger partial charge in [-0.1, -0.05) is 6.07 Å². The first-order valence-electron chi connectivity index (χ1n) is 9.27. The zero-order valence-corrected chi connectivity index (χ0v) is 15.9. The number of anilines is 1. The fraction of sp³-hybridized carbons (Fsp3) is 0.474. The average Bonchev–Trinajstić information content (AvgIpc) is 3.39. The summed E-state index contributed by atoms with van der Waals surface area (Å²) >= 11 is 3.75. The van der Waals surface area contributed by atoms with Gasteiger partial charge in [-0.05, 0) is 36.3 Å². The number of aromatic nitrogens is 2. The number of thiophene rings is 2. The summed E-state index contributed by atoms with van der Waals surface area (Å²) in [5.74, 6) is 1.05. The first kappa shape index (κ1) is 15.7. The van der Waals surface area contributed by atoms with Crippen LogP contribution in [0.3, 0.4) is 0 Å². The van der Waals surface area contributed by atoms with E-state index in [9.17, 15) is 0 Å². The monoisotopic (exact) mass is 371 g/mol. The minimum absolute atomic E-state index is 0.527. The highest BCUT2D eigenvalue weighted by Gasteiger charge is 2.29. The summed E-state index contributed by atoms with van der Waals surface area (Å²) in [5.41, 5.74) is 1.50. The van der Waals surface area contributed by atoms with Crippen molar-refractivity contribution in [3.05, 3.63) is 39.2 Å². The third-order valence-electron chi connectivity index (χ3n) is 5.60. The van der Waals surface area contributed by atoms with Gasteiger partial charge in [-0.3, -0.25) is 0 Å². The van der Waals surface area contributed by atoms with Crippen LogP contribution in [0.4, 0.5) is 5.82 Å². The molecule has 0 bridgehead atoms. The second-order valence-corrected chi connectivity index (χ2v) is 9.14. The minimum atomic E-state index is 0.527. The molecule has 25 heavy (non-hydrogen) atoms. The topological polar surface area (TPSA) is 42.2 Å². The summed E-state index contributed by atoms with van der Waals surface area (Å²) in [6.07, 6.45) is 8.11. The van der Waals surface area contributed by atoms with Crippen molar-refractivity contribution in [2.75, 3.05) is 25.0 Å². The average molecular weight is 372 g/mol. The van der Waals surface area contributed by atoms with Gasteiger partial charge < -0.3 is 10.2 Å². The molecule has 0 radical (unpaired) electrons. The number of nitrogens with zero attached hydrogens (tertiary/aromatic N) is 2. The number of hydrogen-bond acceptors (Lipinski definition) is 5. The Bertz CT molecular complexity index is 865. The molecule has 5 rings (SSSR count). The van der Waals surface area contributed by atoms with Crippen LogP contribution in [0.5, 0.6) is 0 Å². The molecular weight excluding hydrogens is 348 g/mol. The Hall–Kier alpha value is -1.50. The standard InChI is InChI=1S/C19H22N4S2/c1-2-9-23(8-1)14(16-7-4-10-24-16)11-20-18-17-13-5-3-6-15(13)25-19(17)22-12-21-18/h4,7,10,12,14H,1-3,5-6,8-9,11H2,(H,20,21,22)/p+1/t14-/m0/s1. The van der Waals surface area contributed by atoms with E-state index in [2.05, 4.69) is 32.8 Å². The van der Waals surface area contributed by atoms with Gasteiger partial charge in [0.1, 0.15) is 23.0 Å². The molecule has 3 aromatic rings. The molecule has 0 unspecified atom stereocenters. The predicted octanol–water partition coefficient (Wildman–Crippen LogP) is 3.07. The van der Waals surface area contributed by atoms with Crippen molar-refractivity contribution in [2.24, 2.45) is 0 Å². The summed E-state index contributed by atoms with van der Waals surface area (Å²) in [5, 5.41) is 7.20. The van der Waals surface area contributed by atoms with Crippen LogP contribution in [-0.4, -0.2) is 29.6 Å². The molecule has 4 nitrogen and oxygen atoms in total. The Balaban J connectivity index is 1.44. The van der Waals surface area contributed by atoms with E-state index in [-0.39, 0.29) is 0 Å². The number of quaternary nitrogens is 1. The van der Waals surface area contributed by atoms with Crippen LogP contribution in [0, 0.1) is 0 Å². The van der Waals surface area contributed by atoms with Crippen molar-refractivity contribution >= 4 is 38.7 Å². The second-order valence-electron chi connectivity index (χ2n) is 7.07. The highest BCUT2D eigenvalue weighted by Crippen LogP contribution is 2.39. The summed E-state index contributed by atoms with van der Waals surface area (Å²) in [6.45, 7) is 3.53. The van der Waals surface area contributed by atoms with E-state index < -0.39 is 0 Å². The first-order valence-corrected chi connectivity index (χ1v) is 11.0. The molecule has 1 aliphatic carbocycles. The van der Waals surface area contributed by atoms with E-state index in [0.29, 0.717) is 6.04 Å². The van der Waals surface area contributed by atoms with Gasteiger partial charge in [0.05, 0.1) is 29.9 Å². The van der Waals surface area contributed by atoms with Gasteiger partial charge >= 0.3 is 0 Å². The van der Waals surface area contributed by atoms with Gasteiger partial charge in [-0.25, -0.2) is 9.97 Å². The van der Waals surface area contributed by atoms with Gasteiger partial charge in [0.15, 0.2) is 0 Å². The maximum Gasteiger partial charge on any atom is 0.140 e.